The Hall–Kier alpha value is 1.29. The van der Waals surface area contributed by atoms with Gasteiger partial charge in [0.05, 0.1) is 5.97 Å². The molecule has 0 heterocycles. The zero-order valence-corrected chi connectivity index (χ0v) is 16.3. The van der Waals surface area contributed by atoms with Gasteiger partial charge in [0.2, 0.25) is 0 Å². The molecule has 12 heteroatoms. The van der Waals surface area contributed by atoms with Gasteiger partial charge in [0.1, 0.15) is 6.10 Å². The van der Waals surface area contributed by atoms with E-state index in [2.05, 4.69) is 0 Å². The monoisotopic (exact) mass is 294 g/mol. The molecule has 0 spiro atoms. The predicted octanol–water partition coefficient (Wildman–Crippen LogP) is -16.0. The predicted molar refractivity (Wildman–Crippen MR) is 36.4 cm³/mol. The third kappa shape index (κ3) is 15.3. The maximum atomic E-state index is 10.1. The van der Waals surface area contributed by atoms with Gasteiger partial charge in [-0.25, -0.2) is 0 Å². The van der Waals surface area contributed by atoms with E-state index < -0.39 is 36.4 Å². The van der Waals surface area contributed by atoms with Crippen molar-refractivity contribution >= 4 is 17.9 Å². The van der Waals surface area contributed by atoms with Gasteiger partial charge in [-0.15, -0.1) is 0 Å². The molecule has 0 rings (SSSR count). The second-order valence-corrected chi connectivity index (χ2v) is 2.27. The molecular weight excluding hydrogens is 285 g/mol. The van der Waals surface area contributed by atoms with Gasteiger partial charge in [-0.2, -0.15) is 0 Å². The third-order valence-corrected chi connectivity index (χ3v) is 1.31. The minimum absolute atomic E-state index is 0. The van der Waals surface area contributed by atoms with E-state index in [0.717, 1.165) is 0 Å². The number of hydrogen-bond donors (Lipinski definition) is 1. The molecule has 0 bridgehead atoms. The van der Waals surface area contributed by atoms with Gasteiger partial charge in [-0.1, -0.05) is 0 Å². The molecule has 0 aliphatic rings. The number of carbonyl (C=O) groups excluding carboxylic acids is 3. The summed E-state index contributed by atoms with van der Waals surface area (Å²) in [4.78, 5) is 30.0. The summed E-state index contributed by atoms with van der Waals surface area (Å²) in [6.07, 6.45) is -3.56. The van der Waals surface area contributed by atoms with Crippen LogP contribution in [0.1, 0.15) is 6.42 Å². The van der Waals surface area contributed by atoms with Crippen LogP contribution in [0.2, 0.25) is 0 Å². The number of carbonyl (C=O) groups is 3. The van der Waals surface area contributed by atoms with E-state index in [1.54, 1.807) is 0 Å². The molecule has 0 aromatic rings. The SMILES string of the molecule is O.O.O=C([O-])CC(C(=O)[O-])C(O)C(=O)[O-].[Na+].[Na+].[Na+]. The Morgan fingerprint density at radius 1 is 0.889 bits per heavy atom. The van der Waals surface area contributed by atoms with Crippen molar-refractivity contribution in [2.45, 2.75) is 12.5 Å². The number of carboxylic acids is 3. The summed E-state index contributed by atoms with van der Waals surface area (Å²) >= 11 is 0. The molecule has 0 aromatic carbocycles. The molecule has 2 atom stereocenters. The van der Waals surface area contributed by atoms with Crippen molar-refractivity contribution < 1.29 is 134 Å². The van der Waals surface area contributed by atoms with Gasteiger partial charge in [-0.05, 0) is 6.42 Å². The van der Waals surface area contributed by atoms with Gasteiger partial charge in [-0.3, -0.25) is 0 Å². The average molecular weight is 294 g/mol. The maximum Gasteiger partial charge on any atom is 1.00 e. The van der Waals surface area contributed by atoms with Crippen LogP contribution in [-0.2, 0) is 14.4 Å². The molecule has 9 nitrogen and oxygen atoms in total. The molecule has 0 aliphatic heterocycles. The van der Waals surface area contributed by atoms with Crippen molar-refractivity contribution in [1.82, 2.24) is 0 Å². The molecule has 90 valence electrons. The zero-order valence-electron chi connectivity index (χ0n) is 10.3. The van der Waals surface area contributed by atoms with Gasteiger partial charge >= 0.3 is 88.7 Å². The summed E-state index contributed by atoms with van der Waals surface area (Å²) in [6, 6.07) is 0. The first kappa shape index (κ1) is 36.5. The zero-order chi connectivity index (χ0) is 10.6. The molecule has 2 unspecified atom stereocenters. The van der Waals surface area contributed by atoms with E-state index >= 15 is 0 Å². The van der Waals surface area contributed by atoms with Gasteiger partial charge < -0.3 is 45.8 Å². The smallest absolute Gasteiger partial charge is 0.550 e. The van der Waals surface area contributed by atoms with E-state index in [0.29, 0.717) is 0 Å². The first-order chi connectivity index (χ1) is 5.86. The molecule has 0 aliphatic carbocycles. The van der Waals surface area contributed by atoms with Crippen LogP contribution in [-0.4, -0.2) is 40.1 Å². The van der Waals surface area contributed by atoms with Gasteiger partial charge in [0.15, 0.2) is 0 Å². The topological polar surface area (TPSA) is 204 Å². The fourth-order valence-corrected chi connectivity index (χ4v) is 0.668. The summed E-state index contributed by atoms with van der Waals surface area (Å²) in [5, 5.41) is 38.6. The Morgan fingerprint density at radius 3 is 1.39 bits per heavy atom. The molecular formula is C6H9Na3O9. The number of rotatable bonds is 5. The molecule has 0 amide bonds. The van der Waals surface area contributed by atoms with Crippen LogP contribution in [0, 0.1) is 5.92 Å². The first-order valence-corrected chi connectivity index (χ1v) is 3.16. The molecule has 0 saturated heterocycles. The van der Waals surface area contributed by atoms with E-state index in [4.69, 9.17) is 5.11 Å². The van der Waals surface area contributed by atoms with Gasteiger partial charge in [0, 0.05) is 17.9 Å². The fraction of sp³-hybridized carbons (Fsp3) is 0.500. The van der Waals surface area contributed by atoms with E-state index in [1.165, 1.54) is 0 Å². The van der Waals surface area contributed by atoms with Gasteiger partial charge in [0.25, 0.3) is 0 Å². The van der Waals surface area contributed by atoms with Crippen LogP contribution in [0.15, 0.2) is 0 Å². The van der Waals surface area contributed by atoms with Crippen molar-refractivity contribution in [2.24, 2.45) is 5.92 Å². The largest absolute Gasteiger partial charge is 1.00 e. The summed E-state index contributed by atoms with van der Waals surface area (Å²) in [5.74, 6) is -7.92. The van der Waals surface area contributed by atoms with Crippen LogP contribution in [0.4, 0.5) is 0 Å². The Bertz CT molecular complexity index is 246. The Morgan fingerprint density at radius 2 is 1.22 bits per heavy atom. The van der Waals surface area contributed by atoms with Crippen LogP contribution < -0.4 is 104 Å². The molecule has 0 radical (unpaired) electrons. The second-order valence-electron chi connectivity index (χ2n) is 2.27. The van der Waals surface area contributed by atoms with Crippen molar-refractivity contribution in [3.05, 3.63) is 0 Å². The quantitative estimate of drug-likeness (QED) is 0.484. The summed E-state index contributed by atoms with van der Waals surface area (Å²) < 4.78 is 0. The normalized spacial score (nSPS) is 10.5. The second kappa shape index (κ2) is 18.3. The number of carboxylic acid groups (broad SMARTS) is 3. The standard InChI is InChI=1S/C6H8O7.3Na.2H2O/c7-3(8)1-2(5(10)11)4(9)6(12)13;;;;;/h2,4,9H,1H2,(H,7,8)(H,10,11)(H,12,13);;;;2*1H2/q;3*+1;;/p-3. The Balaban J connectivity index is -0.0000000720. The van der Waals surface area contributed by atoms with Crippen molar-refractivity contribution in [1.29, 1.82) is 0 Å². The minimum atomic E-state index is -2.41. The molecule has 5 N–H and O–H groups in total. The number of aliphatic carboxylic acids is 3. The fourth-order valence-electron chi connectivity index (χ4n) is 0.668. The van der Waals surface area contributed by atoms with E-state index in [1.807, 2.05) is 0 Å². The summed E-state index contributed by atoms with van der Waals surface area (Å²) in [6.45, 7) is 0. The van der Waals surface area contributed by atoms with E-state index in [9.17, 15) is 29.7 Å². The van der Waals surface area contributed by atoms with Crippen LogP contribution in [0.3, 0.4) is 0 Å². The van der Waals surface area contributed by atoms with Crippen molar-refractivity contribution in [3.63, 3.8) is 0 Å². The Labute approximate surface area is 168 Å². The first-order valence-electron chi connectivity index (χ1n) is 3.16. The molecule has 0 aromatic heterocycles. The molecule has 0 saturated carbocycles. The summed E-state index contributed by atoms with van der Waals surface area (Å²) in [7, 11) is 0. The third-order valence-electron chi connectivity index (χ3n) is 1.31. The number of aliphatic hydroxyl groups excluding tert-OH is 1. The Kier molecular flexibility index (Phi) is 37.1. The van der Waals surface area contributed by atoms with Crippen molar-refractivity contribution in [3.8, 4) is 0 Å². The van der Waals surface area contributed by atoms with E-state index in [-0.39, 0.29) is 99.6 Å². The average Bonchev–Trinajstić information content (AvgIpc) is 1.97. The summed E-state index contributed by atoms with van der Waals surface area (Å²) in [5.41, 5.74) is 0. The van der Waals surface area contributed by atoms with Crippen LogP contribution >= 0.6 is 0 Å². The van der Waals surface area contributed by atoms with Crippen molar-refractivity contribution in [2.75, 3.05) is 0 Å². The van der Waals surface area contributed by atoms with Crippen LogP contribution in [0.5, 0.6) is 0 Å². The number of hydrogen-bond acceptors (Lipinski definition) is 7. The molecule has 0 fully saturated rings. The molecule has 18 heavy (non-hydrogen) atoms. The number of aliphatic hydroxyl groups is 1. The minimum Gasteiger partial charge on any atom is -0.550 e. The van der Waals surface area contributed by atoms with Crippen LogP contribution in [0.25, 0.3) is 0 Å². The maximum absolute atomic E-state index is 10.1.